The van der Waals surface area contributed by atoms with Crippen molar-refractivity contribution in [1.29, 1.82) is 0 Å². The van der Waals surface area contributed by atoms with Crippen LogP contribution in [0.4, 0.5) is 0 Å². The summed E-state index contributed by atoms with van der Waals surface area (Å²) in [4.78, 5) is 11.7. The van der Waals surface area contributed by atoms with Gasteiger partial charge in [0.15, 0.2) is 0 Å². The SMILES string of the molecule is CCCCC/C=C(\C)COC(=O)c1ccccc1. The Bertz CT molecular complexity index is 379. The van der Waals surface area contributed by atoms with Gasteiger partial charge in [-0.25, -0.2) is 4.79 Å². The van der Waals surface area contributed by atoms with Crippen LogP contribution in [0.3, 0.4) is 0 Å². The summed E-state index contributed by atoms with van der Waals surface area (Å²) >= 11 is 0. The van der Waals surface area contributed by atoms with Crippen molar-refractivity contribution in [2.24, 2.45) is 0 Å². The Balaban J connectivity index is 2.30. The van der Waals surface area contributed by atoms with E-state index in [1.54, 1.807) is 12.1 Å². The minimum absolute atomic E-state index is 0.253. The van der Waals surface area contributed by atoms with Crippen LogP contribution < -0.4 is 0 Å². The Morgan fingerprint density at radius 3 is 2.61 bits per heavy atom. The summed E-state index contributed by atoms with van der Waals surface area (Å²) in [5.74, 6) is -0.253. The van der Waals surface area contributed by atoms with E-state index < -0.39 is 0 Å². The van der Waals surface area contributed by atoms with Gasteiger partial charge in [-0.2, -0.15) is 0 Å². The lowest BCUT2D eigenvalue weighted by molar-refractivity contribution is 0.0540. The van der Waals surface area contributed by atoms with Gasteiger partial charge in [0.1, 0.15) is 6.61 Å². The standard InChI is InChI=1S/C16H22O2/c1-3-4-5-7-10-14(2)13-18-16(17)15-11-8-6-9-12-15/h6,8-12H,3-5,7,13H2,1-2H3/b14-10+. The maximum absolute atomic E-state index is 11.7. The smallest absolute Gasteiger partial charge is 0.338 e. The maximum Gasteiger partial charge on any atom is 0.338 e. The molecule has 1 rings (SSSR count). The monoisotopic (exact) mass is 246 g/mol. The fraction of sp³-hybridized carbons (Fsp3) is 0.438. The number of ether oxygens (including phenoxy) is 1. The van der Waals surface area contributed by atoms with Gasteiger partial charge in [0.05, 0.1) is 5.56 Å². The van der Waals surface area contributed by atoms with Crippen molar-refractivity contribution in [3.05, 3.63) is 47.5 Å². The number of carbonyl (C=O) groups is 1. The van der Waals surface area contributed by atoms with Crippen LogP contribution in [0.2, 0.25) is 0 Å². The molecule has 1 aromatic carbocycles. The van der Waals surface area contributed by atoms with E-state index >= 15 is 0 Å². The molecule has 0 saturated heterocycles. The summed E-state index contributed by atoms with van der Waals surface area (Å²) < 4.78 is 5.24. The van der Waals surface area contributed by atoms with Crippen molar-refractivity contribution in [3.63, 3.8) is 0 Å². The molecule has 0 N–H and O–H groups in total. The maximum atomic E-state index is 11.7. The largest absolute Gasteiger partial charge is 0.458 e. The Labute approximate surface area is 110 Å². The van der Waals surface area contributed by atoms with E-state index in [0.717, 1.165) is 12.0 Å². The van der Waals surface area contributed by atoms with Gasteiger partial charge >= 0.3 is 5.97 Å². The molecule has 2 heteroatoms. The molecule has 18 heavy (non-hydrogen) atoms. The van der Waals surface area contributed by atoms with E-state index in [-0.39, 0.29) is 5.97 Å². The molecule has 2 nitrogen and oxygen atoms in total. The zero-order valence-corrected chi connectivity index (χ0v) is 11.3. The number of rotatable bonds is 7. The molecule has 0 fully saturated rings. The first-order valence-corrected chi connectivity index (χ1v) is 6.62. The summed E-state index contributed by atoms with van der Waals surface area (Å²) in [6.45, 7) is 4.59. The fourth-order valence-corrected chi connectivity index (χ4v) is 1.64. The predicted octanol–water partition coefficient (Wildman–Crippen LogP) is 4.37. The summed E-state index contributed by atoms with van der Waals surface area (Å²) in [6, 6.07) is 9.09. The van der Waals surface area contributed by atoms with Crippen LogP contribution in [0.25, 0.3) is 0 Å². The molecule has 0 atom stereocenters. The highest BCUT2D eigenvalue weighted by Crippen LogP contribution is 2.06. The van der Waals surface area contributed by atoms with Crippen molar-refractivity contribution in [1.82, 2.24) is 0 Å². The number of benzene rings is 1. The zero-order valence-electron chi connectivity index (χ0n) is 11.3. The van der Waals surface area contributed by atoms with E-state index in [4.69, 9.17) is 4.74 Å². The lowest BCUT2D eigenvalue weighted by Gasteiger charge is -2.05. The predicted molar refractivity (Wildman–Crippen MR) is 74.6 cm³/mol. The zero-order chi connectivity index (χ0) is 13.2. The Morgan fingerprint density at radius 2 is 1.94 bits per heavy atom. The molecular formula is C16H22O2. The van der Waals surface area contributed by atoms with Gasteiger partial charge < -0.3 is 4.74 Å². The highest BCUT2D eigenvalue weighted by Gasteiger charge is 2.05. The number of unbranched alkanes of at least 4 members (excludes halogenated alkanes) is 3. The van der Waals surface area contributed by atoms with Crippen LogP contribution in [0.15, 0.2) is 42.0 Å². The van der Waals surface area contributed by atoms with Crippen LogP contribution in [0, 0.1) is 0 Å². The van der Waals surface area contributed by atoms with Crippen molar-refractivity contribution < 1.29 is 9.53 Å². The number of allylic oxidation sites excluding steroid dienone is 1. The average molecular weight is 246 g/mol. The molecule has 0 amide bonds. The number of carbonyl (C=O) groups excluding carboxylic acids is 1. The highest BCUT2D eigenvalue weighted by atomic mass is 16.5. The third-order valence-corrected chi connectivity index (χ3v) is 2.74. The molecule has 0 aliphatic heterocycles. The lowest BCUT2D eigenvalue weighted by atomic mass is 10.1. The van der Waals surface area contributed by atoms with Crippen LogP contribution in [0.5, 0.6) is 0 Å². The lowest BCUT2D eigenvalue weighted by Crippen LogP contribution is -2.06. The van der Waals surface area contributed by atoms with Crippen molar-refractivity contribution in [2.75, 3.05) is 6.61 Å². The average Bonchev–Trinajstić information content (AvgIpc) is 2.42. The van der Waals surface area contributed by atoms with Gasteiger partial charge in [0, 0.05) is 0 Å². The summed E-state index contributed by atoms with van der Waals surface area (Å²) in [6.07, 6.45) is 6.93. The normalized spacial score (nSPS) is 11.3. The van der Waals surface area contributed by atoms with E-state index in [9.17, 15) is 4.79 Å². The van der Waals surface area contributed by atoms with E-state index in [1.807, 2.05) is 25.1 Å². The van der Waals surface area contributed by atoms with Gasteiger partial charge in [-0.1, -0.05) is 44.0 Å². The Hall–Kier alpha value is -1.57. The third kappa shape index (κ3) is 5.67. The first kappa shape index (κ1) is 14.5. The first-order valence-electron chi connectivity index (χ1n) is 6.62. The molecule has 0 bridgehead atoms. The van der Waals surface area contributed by atoms with Crippen LogP contribution in [0.1, 0.15) is 49.9 Å². The second-order valence-electron chi connectivity index (χ2n) is 4.49. The molecule has 0 spiro atoms. The minimum Gasteiger partial charge on any atom is -0.458 e. The van der Waals surface area contributed by atoms with Gasteiger partial charge in [-0.3, -0.25) is 0 Å². The molecule has 0 aliphatic rings. The van der Waals surface area contributed by atoms with Gasteiger partial charge in [-0.05, 0) is 37.5 Å². The number of esters is 1. The van der Waals surface area contributed by atoms with Crippen molar-refractivity contribution in [3.8, 4) is 0 Å². The number of hydrogen-bond acceptors (Lipinski definition) is 2. The summed E-state index contributed by atoms with van der Waals surface area (Å²) in [7, 11) is 0. The topological polar surface area (TPSA) is 26.3 Å². The molecule has 0 aromatic heterocycles. The third-order valence-electron chi connectivity index (χ3n) is 2.74. The summed E-state index contributed by atoms with van der Waals surface area (Å²) in [5.41, 5.74) is 1.73. The van der Waals surface area contributed by atoms with E-state index in [1.165, 1.54) is 19.3 Å². The fourth-order valence-electron chi connectivity index (χ4n) is 1.64. The molecule has 0 aliphatic carbocycles. The molecule has 0 saturated carbocycles. The molecule has 1 aromatic rings. The second-order valence-corrected chi connectivity index (χ2v) is 4.49. The molecule has 0 radical (unpaired) electrons. The summed E-state index contributed by atoms with van der Waals surface area (Å²) in [5, 5.41) is 0. The Kier molecular flexibility index (Phi) is 6.85. The van der Waals surface area contributed by atoms with Crippen LogP contribution in [-0.4, -0.2) is 12.6 Å². The van der Waals surface area contributed by atoms with Crippen molar-refractivity contribution in [2.45, 2.75) is 39.5 Å². The highest BCUT2D eigenvalue weighted by molar-refractivity contribution is 5.89. The molecule has 98 valence electrons. The molecule has 0 heterocycles. The first-order chi connectivity index (χ1) is 8.74. The van der Waals surface area contributed by atoms with Gasteiger partial charge in [-0.15, -0.1) is 0 Å². The molecule has 0 unspecified atom stereocenters. The van der Waals surface area contributed by atoms with Gasteiger partial charge in [0.25, 0.3) is 0 Å². The van der Waals surface area contributed by atoms with Crippen molar-refractivity contribution >= 4 is 5.97 Å². The minimum atomic E-state index is -0.253. The van der Waals surface area contributed by atoms with Gasteiger partial charge in [0.2, 0.25) is 0 Å². The van der Waals surface area contributed by atoms with E-state index in [2.05, 4.69) is 13.0 Å². The number of hydrogen-bond donors (Lipinski definition) is 0. The van der Waals surface area contributed by atoms with Crippen LogP contribution >= 0.6 is 0 Å². The van der Waals surface area contributed by atoms with Crippen LogP contribution in [-0.2, 0) is 4.74 Å². The Morgan fingerprint density at radius 1 is 1.22 bits per heavy atom. The second kappa shape index (κ2) is 8.51. The quantitative estimate of drug-likeness (QED) is 0.405. The molecular weight excluding hydrogens is 224 g/mol. The van der Waals surface area contributed by atoms with E-state index in [0.29, 0.717) is 12.2 Å².